The van der Waals surface area contributed by atoms with Crippen LogP contribution in [-0.2, 0) is 28.6 Å². The van der Waals surface area contributed by atoms with Crippen molar-refractivity contribution in [1.82, 2.24) is 0 Å². The maximum atomic E-state index is 12.9. The second-order valence-electron chi connectivity index (χ2n) is 21.7. The van der Waals surface area contributed by atoms with Gasteiger partial charge in [-0.05, 0) is 57.8 Å². The highest BCUT2D eigenvalue weighted by atomic mass is 16.6. The lowest BCUT2D eigenvalue weighted by molar-refractivity contribution is -0.166. The summed E-state index contributed by atoms with van der Waals surface area (Å²) in [5.74, 6) is -0.970. The van der Waals surface area contributed by atoms with E-state index in [1.54, 1.807) is 0 Å². The van der Waals surface area contributed by atoms with Gasteiger partial charge in [-0.2, -0.15) is 0 Å². The van der Waals surface area contributed by atoms with Crippen molar-refractivity contribution < 1.29 is 28.6 Å². The molecule has 6 nitrogen and oxygen atoms in total. The van der Waals surface area contributed by atoms with Crippen molar-refractivity contribution in [2.45, 2.75) is 335 Å². The number of ether oxygens (including phenoxy) is 3. The van der Waals surface area contributed by atoms with Crippen molar-refractivity contribution in [3.05, 3.63) is 72.9 Å². The maximum Gasteiger partial charge on any atom is 0.306 e. The first-order chi connectivity index (χ1) is 37.0. The van der Waals surface area contributed by atoms with E-state index in [4.69, 9.17) is 14.2 Å². The lowest BCUT2D eigenvalue weighted by atomic mass is 10.0. The van der Waals surface area contributed by atoms with E-state index in [0.717, 1.165) is 77.0 Å². The third-order valence-corrected chi connectivity index (χ3v) is 14.2. The molecular weight excluding hydrogens is 925 g/mol. The van der Waals surface area contributed by atoms with E-state index in [1.165, 1.54) is 205 Å². The van der Waals surface area contributed by atoms with Gasteiger partial charge in [-0.15, -0.1) is 0 Å². The van der Waals surface area contributed by atoms with Gasteiger partial charge in [0.2, 0.25) is 0 Å². The molecule has 0 aliphatic heterocycles. The highest BCUT2D eigenvalue weighted by Crippen LogP contribution is 2.18. The molecule has 1 unspecified atom stereocenters. The molecule has 0 aromatic heterocycles. The topological polar surface area (TPSA) is 78.9 Å². The van der Waals surface area contributed by atoms with Crippen molar-refractivity contribution >= 4 is 17.9 Å². The summed E-state index contributed by atoms with van der Waals surface area (Å²) >= 11 is 0. The summed E-state index contributed by atoms with van der Waals surface area (Å²) in [5, 5.41) is 0. The lowest BCUT2D eigenvalue weighted by Crippen LogP contribution is -2.30. The van der Waals surface area contributed by atoms with Crippen molar-refractivity contribution in [1.29, 1.82) is 0 Å². The molecule has 0 saturated heterocycles. The fourth-order valence-electron chi connectivity index (χ4n) is 9.41. The first kappa shape index (κ1) is 71.8. The zero-order chi connectivity index (χ0) is 54.3. The Hall–Kier alpha value is -3.15. The Kier molecular flexibility index (Phi) is 60.7. The summed E-state index contributed by atoms with van der Waals surface area (Å²) in [7, 11) is 0. The fourth-order valence-corrected chi connectivity index (χ4v) is 9.41. The molecule has 0 N–H and O–H groups in total. The van der Waals surface area contributed by atoms with Crippen LogP contribution in [0.15, 0.2) is 72.9 Å². The van der Waals surface area contributed by atoms with E-state index in [9.17, 15) is 14.4 Å². The number of esters is 3. The van der Waals surface area contributed by atoms with E-state index >= 15 is 0 Å². The molecule has 1 atom stereocenters. The molecular formula is C69H122O6. The van der Waals surface area contributed by atoms with E-state index in [1.807, 2.05) is 6.08 Å². The fraction of sp³-hybridized carbons (Fsp3) is 0.783. The normalized spacial score (nSPS) is 12.5. The first-order valence-electron chi connectivity index (χ1n) is 32.4. The molecule has 75 heavy (non-hydrogen) atoms. The first-order valence-corrected chi connectivity index (χ1v) is 32.4. The van der Waals surface area contributed by atoms with Crippen LogP contribution >= 0.6 is 0 Å². The molecule has 0 radical (unpaired) electrons. The maximum absolute atomic E-state index is 12.9. The van der Waals surface area contributed by atoms with Crippen LogP contribution in [0.2, 0.25) is 0 Å². The van der Waals surface area contributed by atoms with Crippen molar-refractivity contribution in [3.8, 4) is 0 Å². The molecule has 434 valence electrons. The van der Waals surface area contributed by atoms with Gasteiger partial charge < -0.3 is 14.2 Å². The standard InChI is InChI=1S/C69H122O6/c1-4-7-10-13-16-19-22-25-27-29-31-32-33-34-35-36-37-39-40-42-44-47-50-53-56-59-62-68(71)74-65-66(64-73-67(70)61-58-55-52-49-46-24-21-18-15-12-9-6-3)75-69(72)63-60-57-54-51-48-45-43-41-38-30-28-26-23-20-17-14-11-8-5-2/h8,11,17,20,26,28,38,41,45,48,54,57,66H,4-7,9-10,12-16,18-19,21-25,27,29-37,39-40,42-44,46-47,49-53,55-56,58-65H2,1-3H3/b11-8-,20-17-,28-26-,41-38-,48-45-,57-54-. The Morgan fingerprint density at radius 3 is 0.787 bits per heavy atom. The van der Waals surface area contributed by atoms with Crippen LogP contribution in [0.5, 0.6) is 0 Å². The number of hydrogen-bond donors (Lipinski definition) is 0. The van der Waals surface area contributed by atoms with Gasteiger partial charge in [0.15, 0.2) is 6.10 Å². The Balaban J connectivity index is 4.31. The minimum atomic E-state index is -0.813. The monoisotopic (exact) mass is 1050 g/mol. The minimum absolute atomic E-state index is 0.101. The van der Waals surface area contributed by atoms with Gasteiger partial charge in [-0.25, -0.2) is 0 Å². The van der Waals surface area contributed by atoms with Gasteiger partial charge in [0.05, 0.1) is 0 Å². The average Bonchev–Trinajstić information content (AvgIpc) is 3.41. The van der Waals surface area contributed by atoms with Gasteiger partial charge in [0, 0.05) is 19.3 Å². The number of allylic oxidation sites excluding steroid dienone is 12. The van der Waals surface area contributed by atoms with E-state index < -0.39 is 6.10 Å². The molecule has 0 aromatic carbocycles. The van der Waals surface area contributed by atoms with Crippen LogP contribution in [0.1, 0.15) is 329 Å². The number of carbonyl (C=O) groups excluding carboxylic acids is 3. The number of rotatable bonds is 59. The summed E-state index contributed by atoms with van der Waals surface area (Å²) < 4.78 is 16.8. The van der Waals surface area contributed by atoms with Crippen LogP contribution in [0.3, 0.4) is 0 Å². The van der Waals surface area contributed by atoms with Gasteiger partial charge in [-0.1, -0.05) is 325 Å². The van der Waals surface area contributed by atoms with E-state index in [-0.39, 0.29) is 37.5 Å². The summed E-state index contributed by atoms with van der Waals surface area (Å²) in [6.45, 7) is 6.51. The van der Waals surface area contributed by atoms with Crippen LogP contribution in [-0.4, -0.2) is 37.2 Å². The Morgan fingerprint density at radius 2 is 0.520 bits per heavy atom. The smallest absolute Gasteiger partial charge is 0.306 e. The molecule has 0 aliphatic carbocycles. The Labute approximate surface area is 465 Å². The second-order valence-corrected chi connectivity index (χ2v) is 21.7. The van der Waals surface area contributed by atoms with Gasteiger partial charge in [0.1, 0.15) is 13.2 Å². The Morgan fingerprint density at radius 1 is 0.280 bits per heavy atom. The van der Waals surface area contributed by atoms with Crippen LogP contribution < -0.4 is 0 Å². The molecule has 0 fully saturated rings. The van der Waals surface area contributed by atoms with E-state index in [2.05, 4.69) is 87.6 Å². The molecule has 0 bridgehead atoms. The van der Waals surface area contributed by atoms with Crippen molar-refractivity contribution in [2.24, 2.45) is 0 Å². The van der Waals surface area contributed by atoms with Gasteiger partial charge in [0.25, 0.3) is 0 Å². The van der Waals surface area contributed by atoms with Crippen LogP contribution in [0.25, 0.3) is 0 Å². The summed E-state index contributed by atoms with van der Waals surface area (Å²) in [6, 6.07) is 0. The average molecular weight is 1050 g/mol. The van der Waals surface area contributed by atoms with Crippen LogP contribution in [0, 0.1) is 0 Å². The number of hydrogen-bond acceptors (Lipinski definition) is 6. The quantitative estimate of drug-likeness (QED) is 0.0261. The molecule has 0 heterocycles. The third kappa shape index (κ3) is 61.6. The highest BCUT2D eigenvalue weighted by molar-refractivity contribution is 5.71. The third-order valence-electron chi connectivity index (χ3n) is 14.2. The number of unbranched alkanes of at least 4 members (excludes halogenated alkanes) is 36. The minimum Gasteiger partial charge on any atom is -0.462 e. The molecule has 0 aromatic rings. The van der Waals surface area contributed by atoms with Crippen molar-refractivity contribution in [3.63, 3.8) is 0 Å². The summed E-state index contributed by atoms with van der Waals surface area (Å²) in [5.41, 5.74) is 0. The molecule has 0 aliphatic rings. The second kappa shape index (κ2) is 63.4. The van der Waals surface area contributed by atoms with Gasteiger partial charge >= 0.3 is 17.9 Å². The summed E-state index contributed by atoms with van der Waals surface area (Å²) in [6.07, 6.45) is 82.2. The van der Waals surface area contributed by atoms with Gasteiger partial charge in [-0.3, -0.25) is 14.4 Å². The molecule has 0 spiro atoms. The number of carbonyl (C=O) groups is 3. The zero-order valence-corrected chi connectivity index (χ0v) is 49.8. The molecule has 0 saturated carbocycles. The SMILES string of the molecule is CC/C=C\C/C=C\C/C=C\C/C=C\C/C=C\C/C=C\CCC(=O)OC(COC(=O)CCCCCCCCCCCCCC)COC(=O)CCCCCCCCCCCCCCCCCCCCCCCCCCCC. The lowest BCUT2D eigenvalue weighted by Gasteiger charge is -2.18. The molecule has 0 amide bonds. The van der Waals surface area contributed by atoms with Crippen LogP contribution in [0.4, 0.5) is 0 Å². The van der Waals surface area contributed by atoms with Crippen molar-refractivity contribution in [2.75, 3.05) is 13.2 Å². The predicted octanol–water partition coefficient (Wildman–Crippen LogP) is 22.1. The predicted molar refractivity (Wildman–Crippen MR) is 325 cm³/mol. The zero-order valence-electron chi connectivity index (χ0n) is 49.8. The summed E-state index contributed by atoms with van der Waals surface area (Å²) in [4.78, 5) is 38.2. The highest BCUT2D eigenvalue weighted by Gasteiger charge is 2.19. The molecule has 6 heteroatoms. The molecule has 0 rings (SSSR count). The largest absolute Gasteiger partial charge is 0.462 e. The van der Waals surface area contributed by atoms with E-state index in [0.29, 0.717) is 19.3 Å². The Bertz CT molecular complexity index is 1390.